The number of nitrogens with one attached hydrogen (secondary N) is 1. The minimum absolute atomic E-state index is 0.233. The van der Waals surface area contributed by atoms with Gasteiger partial charge in [0, 0.05) is 34.6 Å². The maximum atomic E-state index is 12.8. The number of nitrogens with zero attached hydrogens (tertiary/aromatic N) is 1. The molecule has 2 aliphatic heterocycles. The first-order valence-corrected chi connectivity index (χ1v) is 8.44. The van der Waals surface area contributed by atoms with Gasteiger partial charge in [-0.3, -0.25) is 4.79 Å². The Morgan fingerprint density at radius 3 is 3.16 bits per heavy atom. The molecule has 2 aliphatic rings. The van der Waals surface area contributed by atoms with Gasteiger partial charge in [0.15, 0.2) is 0 Å². The first-order chi connectivity index (χ1) is 9.24. The second-order valence-corrected chi connectivity index (χ2v) is 7.57. The van der Waals surface area contributed by atoms with Gasteiger partial charge in [0.1, 0.15) is 0 Å². The highest BCUT2D eigenvalue weighted by Gasteiger charge is 2.44. The molecule has 0 saturated carbocycles. The predicted molar refractivity (Wildman–Crippen MR) is 80.1 cm³/mol. The number of hydrogen-bond acceptors (Lipinski definition) is 4. The van der Waals surface area contributed by atoms with Crippen LogP contribution in [0.15, 0.2) is 17.5 Å². The van der Waals surface area contributed by atoms with Crippen molar-refractivity contribution in [3.8, 4) is 0 Å². The minimum Gasteiger partial charge on any atom is -0.331 e. The molecule has 19 heavy (non-hydrogen) atoms. The molecule has 2 fully saturated rings. The van der Waals surface area contributed by atoms with E-state index in [1.807, 2.05) is 0 Å². The van der Waals surface area contributed by atoms with Crippen LogP contribution in [0, 0.1) is 5.92 Å². The molecule has 0 aromatic carbocycles. The molecule has 100 valence electrons. The van der Waals surface area contributed by atoms with Crippen molar-refractivity contribution in [2.24, 2.45) is 5.92 Å². The lowest BCUT2D eigenvalue weighted by Gasteiger charge is -2.27. The van der Waals surface area contributed by atoms with Gasteiger partial charge >= 0.3 is 0 Å². The first-order valence-electron chi connectivity index (χ1n) is 6.74. The summed E-state index contributed by atoms with van der Waals surface area (Å²) in [6.45, 7) is 4.21. The van der Waals surface area contributed by atoms with Gasteiger partial charge in [0.05, 0.1) is 4.88 Å². The highest BCUT2D eigenvalue weighted by molar-refractivity contribution is 7.27. The summed E-state index contributed by atoms with van der Waals surface area (Å²) in [6.07, 6.45) is 1.14. The second-order valence-electron chi connectivity index (χ2n) is 5.54. The second kappa shape index (κ2) is 4.30. The van der Waals surface area contributed by atoms with Crippen molar-refractivity contribution in [2.75, 3.05) is 13.1 Å². The Kier molecular flexibility index (Phi) is 2.69. The van der Waals surface area contributed by atoms with Crippen molar-refractivity contribution in [3.63, 3.8) is 0 Å². The summed E-state index contributed by atoms with van der Waals surface area (Å²) in [5, 5.41) is 5.50. The van der Waals surface area contributed by atoms with E-state index in [0.717, 1.165) is 24.4 Å². The zero-order chi connectivity index (χ0) is 13.0. The van der Waals surface area contributed by atoms with Crippen molar-refractivity contribution >= 4 is 38.0 Å². The summed E-state index contributed by atoms with van der Waals surface area (Å²) in [4.78, 5) is 15.8. The topological polar surface area (TPSA) is 32.3 Å². The van der Waals surface area contributed by atoms with Gasteiger partial charge in [0.25, 0.3) is 5.91 Å². The number of thiophene rings is 2. The molecule has 5 heteroatoms. The molecule has 0 aliphatic carbocycles. The summed E-state index contributed by atoms with van der Waals surface area (Å²) in [7, 11) is 0. The molecule has 0 spiro atoms. The molecule has 0 radical (unpaired) electrons. The summed E-state index contributed by atoms with van der Waals surface area (Å²) < 4.78 is 2.47. The maximum Gasteiger partial charge on any atom is 0.264 e. The lowest BCUT2D eigenvalue weighted by molar-refractivity contribution is 0.0687. The fraction of sp³-hybridized carbons (Fsp3) is 0.500. The minimum atomic E-state index is 0.233. The molecule has 4 heterocycles. The average molecular weight is 292 g/mol. The number of carbonyl (C=O) groups excluding carboxylic acids is 1. The van der Waals surface area contributed by atoms with Gasteiger partial charge in [-0.25, -0.2) is 0 Å². The molecule has 4 rings (SSSR count). The molecular weight excluding hydrogens is 276 g/mol. The smallest absolute Gasteiger partial charge is 0.264 e. The summed E-state index contributed by atoms with van der Waals surface area (Å²) >= 11 is 3.35. The maximum absolute atomic E-state index is 12.8. The Balaban J connectivity index is 1.67. The van der Waals surface area contributed by atoms with Crippen molar-refractivity contribution < 1.29 is 4.79 Å². The van der Waals surface area contributed by atoms with E-state index in [0.29, 0.717) is 18.0 Å². The first kappa shape index (κ1) is 11.9. The summed E-state index contributed by atoms with van der Waals surface area (Å²) in [5.74, 6) is 0.886. The van der Waals surface area contributed by atoms with Gasteiger partial charge in [-0.1, -0.05) is 0 Å². The Labute approximate surface area is 120 Å². The van der Waals surface area contributed by atoms with Gasteiger partial charge in [-0.15, -0.1) is 22.7 Å². The van der Waals surface area contributed by atoms with Gasteiger partial charge in [-0.05, 0) is 36.8 Å². The normalized spacial score (nSPS) is 30.2. The molecule has 1 amide bonds. The Bertz CT molecular complexity index is 604. The van der Waals surface area contributed by atoms with E-state index in [1.54, 1.807) is 22.7 Å². The quantitative estimate of drug-likeness (QED) is 0.876. The van der Waals surface area contributed by atoms with E-state index in [1.165, 1.54) is 9.40 Å². The number of carbonyl (C=O) groups is 1. The number of hydrogen-bond donors (Lipinski definition) is 1. The third-order valence-corrected chi connectivity index (χ3v) is 6.45. The molecular formula is C14H16N2OS2. The van der Waals surface area contributed by atoms with Crippen LogP contribution in [0.3, 0.4) is 0 Å². The van der Waals surface area contributed by atoms with Gasteiger partial charge < -0.3 is 10.2 Å². The number of amides is 1. The zero-order valence-electron chi connectivity index (χ0n) is 10.8. The fourth-order valence-electron chi connectivity index (χ4n) is 3.51. The van der Waals surface area contributed by atoms with Crippen LogP contribution < -0.4 is 5.32 Å². The SMILES string of the molecule is CC1CC2CNCC2N1C(=O)c1cc2sccc2s1. The molecule has 1 N–H and O–H groups in total. The van der Waals surface area contributed by atoms with Gasteiger partial charge in [0.2, 0.25) is 0 Å². The molecule has 3 nitrogen and oxygen atoms in total. The van der Waals surface area contributed by atoms with Crippen LogP contribution in [-0.2, 0) is 0 Å². The number of fused-ring (bicyclic) bond motifs is 2. The standard InChI is InChI=1S/C14H16N2OS2/c1-8-4-9-6-15-7-10(9)16(8)14(17)13-5-12-11(19-13)2-3-18-12/h2-3,5,8-10,15H,4,6-7H2,1H3. The molecule has 3 unspecified atom stereocenters. The van der Waals surface area contributed by atoms with Crippen LogP contribution in [0.5, 0.6) is 0 Å². The van der Waals surface area contributed by atoms with Gasteiger partial charge in [-0.2, -0.15) is 0 Å². The molecule has 3 atom stereocenters. The highest BCUT2D eigenvalue weighted by Crippen LogP contribution is 2.36. The van der Waals surface area contributed by atoms with E-state index in [4.69, 9.17) is 0 Å². The molecule has 2 aromatic rings. The zero-order valence-corrected chi connectivity index (χ0v) is 12.4. The summed E-state index contributed by atoms with van der Waals surface area (Å²) in [6, 6.07) is 4.96. The van der Waals surface area contributed by atoms with Crippen LogP contribution in [0.25, 0.3) is 9.40 Å². The van der Waals surface area contributed by atoms with Crippen LogP contribution in [-0.4, -0.2) is 36.0 Å². The lowest BCUT2D eigenvalue weighted by atomic mass is 10.0. The highest BCUT2D eigenvalue weighted by atomic mass is 32.1. The Hall–Kier alpha value is -0.910. The van der Waals surface area contributed by atoms with E-state index < -0.39 is 0 Å². The van der Waals surface area contributed by atoms with Crippen LogP contribution in [0.4, 0.5) is 0 Å². The summed E-state index contributed by atoms with van der Waals surface area (Å²) in [5.41, 5.74) is 0. The van der Waals surface area contributed by atoms with Crippen molar-refractivity contribution in [2.45, 2.75) is 25.4 Å². The predicted octanol–water partition coefficient (Wildman–Crippen LogP) is 2.79. The molecule has 2 aromatic heterocycles. The number of likely N-dealkylation sites (tertiary alicyclic amines) is 1. The number of rotatable bonds is 1. The lowest BCUT2D eigenvalue weighted by Crippen LogP contribution is -2.42. The van der Waals surface area contributed by atoms with Crippen LogP contribution >= 0.6 is 22.7 Å². The van der Waals surface area contributed by atoms with E-state index in [9.17, 15) is 4.79 Å². The van der Waals surface area contributed by atoms with Crippen molar-refractivity contribution in [3.05, 3.63) is 22.4 Å². The monoisotopic (exact) mass is 292 g/mol. The Morgan fingerprint density at radius 2 is 2.32 bits per heavy atom. The van der Waals surface area contributed by atoms with E-state index in [2.05, 4.69) is 34.7 Å². The van der Waals surface area contributed by atoms with Crippen LogP contribution in [0.2, 0.25) is 0 Å². The van der Waals surface area contributed by atoms with Crippen LogP contribution in [0.1, 0.15) is 23.0 Å². The van der Waals surface area contributed by atoms with Crippen molar-refractivity contribution in [1.82, 2.24) is 10.2 Å². The third-order valence-electron chi connectivity index (χ3n) is 4.36. The largest absolute Gasteiger partial charge is 0.331 e. The van der Waals surface area contributed by atoms with Crippen molar-refractivity contribution in [1.29, 1.82) is 0 Å². The fourth-order valence-corrected chi connectivity index (χ4v) is 5.57. The van der Waals surface area contributed by atoms with E-state index >= 15 is 0 Å². The molecule has 2 saturated heterocycles. The molecule has 0 bridgehead atoms. The Morgan fingerprint density at radius 1 is 1.42 bits per heavy atom. The van der Waals surface area contributed by atoms with E-state index in [-0.39, 0.29) is 5.91 Å². The third kappa shape index (κ3) is 1.75. The average Bonchev–Trinajstić information content (AvgIpc) is 3.04.